The number of hydrogen-bond donors (Lipinski definition) is 0. The molecule has 0 bridgehead atoms. The molecule has 0 aliphatic rings. The maximum Gasteiger partial charge on any atom is 0.188 e. The molecule has 3 nitrogen and oxygen atoms in total. The Hall–Kier alpha value is -1.35. The lowest BCUT2D eigenvalue weighted by Gasteiger charge is -2.05. The van der Waals surface area contributed by atoms with Crippen LogP contribution in [0.25, 0.3) is 0 Å². The summed E-state index contributed by atoms with van der Waals surface area (Å²) >= 11 is 0. The quantitative estimate of drug-likeness (QED) is 0.523. The number of carbonyl (C=O) groups is 1. The Morgan fingerprint density at radius 3 is 2.85 bits per heavy atom. The molecule has 0 radical (unpaired) electrons. The number of benzene rings is 1. The third kappa shape index (κ3) is 2.56. The first-order chi connectivity index (χ1) is 6.27. The van der Waals surface area contributed by atoms with Crippen molar-refractivity contribution in [3.05, 3.63) is 29.3 Å². The monoisotopic (exact) mass is 180 g/mol. The molecule has 3 heteroatoms. The minimum absolute atomic E-state index is 0.196. The summed E-state index contributed by atoms with van der Waals surface area (Å²) in [7, 11) is 1.55. The van der Waals surface area contributed by atoms with Crippen LogP contribution in [0.3, 0.4) is 0 Å². The predicted molar refractivity (Wildman–Crippen MR) is 49.1 cm³/mol. The van der Waals surface area contributed by atoms with Crippen molar-refractivity contribution in [2.75, 3.05) is 13.9 Å². The van der Waals surface area contributed by atoms with E-state index >= 15 is 0 Å². The van der Waals surface area contributed by atoms with Gasteiger partial charge in [0.2, 0.25) is 0 Å². The van der Waals surface area contributed by atoms with E-state index in [9.17, 15) is 4.79 Å². The molecule has 1 rings (SSSR count). The first-order valence-electron chi connectivity index (χ1n) is 3.95. The highest BCUT2D eigenvalue weighted by atomic mass is 16.7. The number of methoxy groups -OCH3 is 1. The molecule has 0 unspecified atom stereocenters. The zero-order chi connectivity index (χ0) is 9.68. The van der Waals surface area contributed by atoms with Crippen LogP contribution >= 0.6 is 0 Å². The lowest BCUT2D eigenvalue weighted by Crippen LogP contribution is -1.99. The van der Waals surface area contributed by atoms with E-state index in [0.717, 1.165) is 11.8 Å². The van der Waals surface area contributed by atoms with Crippen LogP contribution in [0.15, 0.2) is 18.2 Å². The molecule has 1 aromatic rings. The number of ether oxygens (including phenoxy) is 2. The first kappa shape index (κ1) is 9.74. The van der Waals surface area contributed by atoms with Crippen LogP contribution in [0, 0.1) is 6.92 Å². The summed E-state index contributed by atoms with van der Waals surface area (Å²) in [6.45, 7) is 2.07. The molecular weight excluding hydrogens is 168 g/mol. The summed E-state index contributed by atoms with van der Waals surface area (Å²) in [4.78, 5) is 10.6. The summed E-state index contributed by atoms with van der Waals surface area (Å²) in [5.41, 5.74) is 1.59. The van der Waals surface area contributed by atoms with E-state index in [0.29, 0.717) is 11.3 Å². The van der Waals surface area contributed by atoms with Gasteiger partial charge in [0.05, 0.1) is 0 Å². The number of aldehydes is 1. The molecule has 0 atom stereocenters. The molecule has 0 aromatic heterocycles. The molecular formula is C10H12O3. The van der Waals surface area contributed by atoms with Crippen LogP contribution in [0.5, 0.6) is 5.75 Å². The van der Waals surface area contributed by atoms with Gasteiger partial charge in [-0.05, 0) is 24.6 Å². The van der Waals surface area contributed by atoms with Crippen molar-refractivity contribution in [2.45, 2.75) is 6.92 Å². The van der Waals surface area contributed by atoms with Crippen molar-refractivity contribution in [3.63, 3.8) is 0 Å². The highest BCUT2D eigenvalue weighted by Gasteiger charge is 1.99. The van der Waals surface area contributed by atoms with Crippen molar-refractivity contribution < 1.29 is 14.3 Å². The lowest BCUT2D eigenvalue weighted by molar-refractivity contribution is 0.0510. The lowest BCUT2D eigenvalue weighted by atomic mass is 10.1. The van der Waals surface area contributed by atoms with Gasteiger partial charge in [0.1, 0.15) is 12.0 Å². The fraction of sp³-hybridized carbons (Fsp3) is 0.300. The van der Waals surface area contributed by atoms with Gasteiger partial charge in [-0.3, -0.25) is 4.79 Å². The van der Waals surface area contributed by atoms with Gasteiger partial charge in [0.15, 0.2) is 6.79 Å². The summed E-state index contributed by atoms with van der Waals surface area (Å²) in [5, 5.41) is 0. The molecule has 0 aliphatic carbocycles. The van der Waals surface area contributed by atoms with Gasteiger partial charge in [-0.15, -0.1) is 0 Å². The maximum absolute atomic E-state index is 10.6. The molecule has 0 N–H and O–H groups in total. The van der Waals surface area contributed by atoms with Crippen molar-refractivity contribution in [3.8, 4) is 5.75 Å². The molecule has 0 saturated heterocycles. The minimum atomic E-state index is 0.196. The van der Waals surface area contributed by atoms with Crippen LogP contribution in [0.4, 0.5) is 0 Å². The molecule has 13 heavy (non-hydrogen) atoms. The van der Waals surface area contributed by atoms with Gasteiger partial charge in [0, 0.05) is 12.7 Å². The van der Waals surface area contributed by atoms with Crippen LogP contribution in [0.2, 0.25) is 0 Å². The third-order valence-corrected chi connectivity index (χ3v) is 1.72. The zero-order valence-electron chi connectivity index (χ0n) is 7.74. The Morgan fingerprint density at radius 2 is 2.23 bits per heavy atom. The molecule has 70 valence electrons. The number of carbonyl (C=O) groups excluding carboxylic acids is 1. The van der Waals surface area contributed by atoms with E-state index in [1.807, 2.05) is 13.0 Å². The van der Waals surface area contributed by atoms with Crippen molar-refractivity contribution in [2.24, 2.45) is 0 Å². The standard InChI is InChI=1S/C10H12O3/c1-8-3-4-10(13-7-12-2)5-9(8)6-11/h3-6H,7H2,1-2H3. The largest absolute Gasteiger partial charge is 0.468 e. The van der Waals surface area contributed by atoms with Crippen molar-refractivity contribution in [1.29, 1.82) is 0 Å². The molecule has 0 aliphatic heterocycles. The Balaban J connectivity index is 2.80. The second kappa shape index (κ2) is 4.62. The summed E-state index contributed by atoms with van der Waals surface area (Å²) in [6.07, 6.45) is 0.814. The van der Waals surface area contributed by atoms with Crippen LogP contribution in [0.1, 0.15) is 15.9 Å². The first-order valence-corrected chi connectivity index (χ1v) is 3.95. The average Bonchev–Trinajstić information content (AvgIpc) is 2.16. The number of rotatable bonds is 4. The Bertz CT molecular complexity index is 294. The van der Waals surface area contributed by atoms with E-state index in [4.69, 9.17) is 9.47 Å². The summed E-state index contributed by atoms with van der Waals surface area (Å²) in [6, 6.07) is 5.34. The summed E-state index contributed by atoms with van der Waals surface area (Å²) in [5.74, 6) is 0.648. The molecule has 0 heterocycles. The number of aryl methyl sites for hydroxylation is 1. The van der Waals surface area contributed by atoms with Gasteiger partial charge in [-0.1, -0.05) is 6.07 Å². The van der Waals surface area contributed by atoms with Crippen LogP contribution in [-0.4, -0.2) is 20.2 Å². The minimum Gasteiger partial charge on any atom is -0.468 e. The molecule has 0 spiro atoms. The van der Waals surface area contributed by atoms with Crippen LogP contribution in [-0.2, 0) is 4.74 Å². The van der Waals surface area contributed by atoms with Gasteiger partial charge in [-0.2, -0.15) is 0 Å². The van der Waals surface area contributed by atoms with E-state index in [1.54, 1.807) is 19.2 Å². The SMILES string of the molecule is COCOc1ccc(C)c(C=O)c1. The third-order valence-electron chi connectivity index (χ3n) is 1.72. The Morgan fingerprint density at radius 1 is 1.46 bits per heavy atom. The number of hydrogen-bond acceptors (Lipinski definition) is 3. The smallest absolute Gasteiger partial charge is 0.188 e. The van der Waals surface area contributed by atoms with Crippen molar-refractivity contribution in [1.82, 2.24) is 0 Å². The zero-order valence-corrected chi connectivity index (χ0v) is 7.74. The van der Waals surface area contributed by atoms with Gasteiger partial charge < -0.3 is 9.47 Å². The maximum atomic E-state index is 10.6. The topological polar surface area (TPSA) is 35.5 Å². The average molecular weight is 180 g/mol. The van der Waals surface area contributed by atoms with Crippen molar-refractivity contribution >= 4 is 6.29 Å². The second-order valence-corrected chi connectivity index (χ2v) is 2.69. The van der Waals surface area contributed by atoms with E-state index < -0.39 is 0 Å². The Kier molecular flexibility index (Phi) is 3.46. The summed E-state index contributed by atoms with van der Waals surface area (Å²) < 4.78 is 9.91. The second-order valence-electron chi connectivity index (χ2n) is 2.69. The fourth-order valence-corrected chi connectivity index (χ4v) is 0.962. The predicted octanol–water partition coefficient (Wildman–Crippen LogP) is 1.79. The molecule has 0 amide bonds. The normalized spacial score (nSPS) is 9.69. The van der Waals surface area contributed by atoms with Gasteiger partial charge >= 0.3 is 0 Å². The highest BCUT2D eigenvalue weighted by Crippen LogP contribution is 2.15. The van der Waals surface area contributed by atoms with Crippen LogP contribution < -0.4 is 4.74 Å². The van der Waals surface area contributed by atoms with E-state index in [-0.39, 0.29) is 6.79 Å². The highest BCUT2D eigenvalue weighted by molar-refractivity contribution is 5.77. The van der Waals surface area contributed by atoms with E-state index in [1.165, 1.54) is 0 Å². The molecule has 1 aromatic carbocycles. The van der Waals surface area contributed by atoms with Gasteiger partial charge in [0.25, 0.3) is 0 Å². The molecule has 0 fully saturated rings. The molecule has 0 saturated carbocycles. The van der Waals surface area contributed by atoms with Gasteiger partial charge in [-0.25, -0.2) is 0 Å². The Labute approximate surface area is 77.3 Å². The fourth-order valence-electron chi connectivity index (χ4n) is 0.962. The van der Waals surface area contributed by atoms with E-state index in [2.05, 4.69) is 0 Å².